The zero-order chi connectivity index (χ0) is 13.4. The van der Waals surface area contributed by atoms with Crippen LogP contribution in [0.3, 0.4) is 0 Å². The summed E-state index contributed by atoms with van der Waals surface area (Å²) in [7, 11) is 0. The monoisotopic (exact) mass is 251 g/mol. The molecule has 1 rings (SSSR count). The minimum Gasteiger partial charge on any atom is -0.335 e. The maximum Gasteiger partial charge on any atom is 0.110 e. The summed E-state index contributed by atoms with van der Waals surface area (Å²) in [5.74, 6) is 1.93. The van der Waals surface area contributed by atoms with Crippen LogP contribution in [0.15, 0.2) is 12.4 Å². The Morgan fingerprint density at radius 2 is 2.11 bits per heavy atom. The Hall–Kier alpha value is -0.830. The zero-order valence-electron chi connectivity index (χ0n) is 12.4. The fraction of sp³-hybridized carbons (Fsp3) is 0.800. The van der Waals surface area contributed by atoms with Crippen LogP contribution in [0.25, 0.3) is 0 Å². The van der Waals surface area contributed by atoms with Crippen LogP contribution in [0, 0.1) is 5.92 Å². The maximum atomic E-state index is 4.49. The van der Waals surface area contributed by atoms with E-state index in [2.05, 4.69) is 48.8 Å². The molecule has 0 spiro atoms. The van der Waals surface area contributed by atoms with Crippen LogP contribution in [0.1, 0.15) is 52.8 Å². The summed E-state index contributed by atoms with van der Waals surface area (Å²) in [6.45, 7) is 11.0. The molecule has 0 saturated heterocycles. The van der Waals surface area contributed by atoms with Crippen LogP contribution in [0.4, 0.5) is 0 Å². The van der Waals surface area contributed by atoms with Crippen molar-refractivity contribution in [3.8, 4) is 0 Å². The third-order valence-electron chi connectivity index (χ3n) is 3.71. The molecule has 0 bridgehead atoms. The lowest BCUT2D eigenvalue weighted by molar-refractivity contribution is 0.345. The van der Waals surface area contributed by atoms with E-state index >= 15 is 0 Å². The summed E-state index contributed by atoms with van der Waals surface area (Å²) in [5.41, 5.74) is 0. The highest BCUT2D eigenvalue weighted by Crippen LogP contribution is 2.16. The van der Waals surface area contributed by atoms with Crippen LogP contribution >= 0.6 is 0 Å². The van der Waals surface area contributed by atoms with E-state index in [0.717, 1.165) is 19.5 Å². The SMILES string of the molecule is CCCCC(C)C(Cc1nccn1CC)NCC. The predicted octanol–water partition coefficient (Wildman–Crippen LogP) is 3.25. The number of unbranched alkanes of at least 4 members (excludes halogenated alkanes) is 1. The van der Waals surface area contributed by atoms with Gasteiger partial charge in [0.1, 0.15) is 5.82 Å². The van der Waals surface area contributed by atoms with Gasteiger partial charge in [-0.05, 0) is 25.8 Å². The molecule has 1 aromatic heterocycles. The molecule has 3 nitrogen and oxygen atoms in total. The fourth-order valence-electron chi connectivity index (χ4n) is 2.48. The van der Waals surface area contributed by atoms with E-state index in [0.29, 0.717) is 12.0 Å². The fourth-order valence-corrected chi connectivity index (χ4v) is 2.48. The number of nitrogens with one attached hydrogen (secondary N) is 1. The van der Waals surface area contributed by atoms with E-state index in [9.17, 15) is 0 Å². The van der Waals surface area contributed by atoms with Crippen molar-refractivity contribution in [2.45, 2.75) is 66.0 Å². The molecule has 104 valence electrons. The van der Waals surface area contributed by atoms with E-state index in [1.807, 2.05) is 6.20 Å². The molecule has 2 atom stereocenters. The smallest absolute Gasteiger partial charge is 0.110 e. The van der Waals surface area contributed by atoms with Gasteiger partial charge in [0.05, 0.1) is 0 Å². The molecule has 0 amide bonds. The molecule has 2 unspecified atom stereocenters. The Kier molecular flexibility index (Phi) is 7.02. The van der Waals surface area contributed by atoms with Crippen molar-refractivity contribution in [1.29, 1.82) is 0 Å². The molecule has 0 aliphatic heterocycles. The van der Waals surface area contributed by atoms with Crippen LogP contribution in [-0.4, -0.2) is 22.1 Å². The van der Waals surface area contributed by atoms with Crippen molar-refractivity contribution in [2.24, 2.45) is 5.92 Å². The molecule has 3 heteroatoms. The van der Waals surface area contributed by atoms with Crippen LogP contribution in [-0.2, 0) is 13.0 Å². The van der Waals surface area contributed by atoms with E-state index in [4.69, 9.17) is 0 Å². The Morgan fingerprint density at radius 1 is 1.33 bits per heavy atom. The normalized spacial score (nSPS) is 14.7. The Morgan fingerprint density at radius 3 is 2.72 bits per heavy atom. The molecule has 1 aromatic rings. The van der Waals surface area contributed by atoms with Gasteiger partial charge in [0, 0.05) is 31.4 Å². The Labute approximate surface area is 112 Å². The van der Waals surface area contributed by atoms with Gasteiger partial charge in [0.15, 0.2) is 0 Å². The van der Waals surface area contributed by atoms with Crippen molar-refractivity contribution in [1.82, 2.24) is 14.9 Å². The first-order valence-electron chi connectivity index (χ1n) is 7.46. The second kappa shape index (κ2) is 8.30. The molecular weight excluding hydrogens is 222 g/mol. The van der Waals surface area contributed by atoms with E-state index < -0.39 is 0 Å². The lowest BCUT2D eigenvalue weighted by Crippen LogP contribution is -2.37. The Balaban J connectivity index is 2.61. The first-order chi connectivity index (χ1) is 8.72. The first-order valence-corrected chi connectivity index (χ1v) is 7.46. The second-order valence-corrected chi connectivity index (χ2v) is 5.12. The zero-order valence-corrected chi connectivity index (χ0v) is 12.4. The second-order valence-electron chi connectivity index (χ2n) is 5.12. The van der Waals surface area contributed by atoms with Gasteiger partial charge < -0.3 is 9.88 Å². The van der Waals surface area contributed by atoms with Crippen molar-refractivity contribution in [2.75, 3.05) is 6.54 Å². The number of imidazole rings is 1. The number of rotatable bonds is 9. The third kappa shape index (κ3) is 4.45. The highest BCUT2D eigenvalue weighted by molar-refractivity contribution is 4.96. The number of hydrogen-bond acceptors (Lipinski definition) is 2. The molecule has 0 fully saturated rings. The van der Waals surface area contributed by atoms with Crippen molar-refractivity contribution in [3.05, 3.63) is 18.2 Å². The Bertz CT molecular complexity index is 319. The molecule has 18 heavy (non-hydrogen) atoms. The lowest BCUT2D eigenvalue weighted by Gasteiger charge is -2.25. The number of aromatic nitrogens is 2. The van der Waals surface area contributed by atoms with Crippen LogP contribution < -0.4 is 5.32 Å². The number of likely N-dealkylation sites (N-methyl/N-ethyl adjacent to an activating group) is 1. The van der Waals surface area contributed by atoms with Gasteiger partial charge in [-0.1, -0.05) is 33.6 Å². The van der Waals surface area contributed by atoms with Crippen LogP contribution in [0.5, 0.6) is 0 Å². The quantitative estimate of drug-likeness (QED) is 0.730. The van der Waals surface area contributed by atoms with E-state index in [1.165, 1.54) is 25.1 Å². The van der Waals surface area contributed by atoms with Gasteiger partial charge in [0.25, 0.3) is 0 Å². The van der Waals surface area contributed by atoms with Crippen molar-refractivity contribution < 1.29 is 0 Å². The molecule has 0 saturated carbocycles. The van der Waals surface area contributed by atoms with E-state index in [-0.39, 0.29) is 0 Å². The average molecular weight is 251 g/mol. The maximum absolute atomic E-state index is 4.49. The molecule has 0 aliphatic rings. The molecule has 0 radical (unpaired) electrons. The van der Waals surface area contributed by atoms with Gasteiger partial charge >= 0.3 is 0 Å². The first kappa shape index (κ1) is 15.2. The molecule has 1 N–H and O–H groups in total. The summed E-state index contributed by atoms with van der Waals surface area (Å²) < 4.78 is 2.25. The average Bonchev–Trinajstić information content (AvgIpc) is 2.82. The third-order valence-corrected chi connectivity index (χ3v) is 3.71. The van der Waals surface area contributed by atoms with Gasteiger partial charge in [-0.15, -0.1) is 0 Å². The predicted molar refractivity (Wildman–Crippen MR) is 77.8 cm³/mol. The summed E-state index contributed by atoms with van der Waals surface area (Å²) >= 11 is 0. The van der Waals surface area contributed by atoms with Crippen LogP contribution in [0.2, 0.25) is 0 Å². The summed E-state index contributed by atoms with van der Waals surface area (Å²) in [6.07, 6.45) is 8.95. The summed E-state index contributed by atoms with van der Waals surface area (Å²) in [5, 5.41) is 3.63. The van der Waals surface area contributed by atoms with Gasteiger partial charge in [-0.3, -0.25) is 0 Å². The van der Waals surface area contributed by atoms with Crippen molar-refractivity contribution in [3.63, 3.8) is 0 Å². The highest BCUT2D eigenvalue weighted by atomic mass is 15.1. The van der Waals surface area contributed by atoms with Gasteiger partial charge in [-0.2, -0.15) is 0 Å². The molecule has 1 heterocycles. The highest BCUT2D eigenvalue weighted by Gasteiger charge is 2.18. The minimum absolute atomic E-state index is 0.550. The number of aryl methyl sites for hydroxylation is 1. The molecular formula is C15H29N3. The van der Waals surface area contributed by atoms with Gasteiger partial charge in [0.2, 0.25) is 0 Å². The largest absolute Gasteiger partial charge is 0.335 e. The van der Waals surface area contributed by atoms with E-state index in [1.54, 1.807) is 0 Å². The lowest BCUT2D eigenvalue weighted by atomic mass is 9.93. The van der Waals surface area contributed by atoms with Crippen molar-refractivity contribution >= 4 is 0 Å². The minimum atomic E-state index is 0.550. The standard InChI is InChI=1S/C15H29N3/c1-5-8-9-13(4)14(16-6-2)12-15-17-10-11-18(15)7-3/h10-11,13-14,16H,5-9,12H2,1-4H3. The number of hydrogen-bond donors (Lipinski definition) is 1. The van der Waals surface area contributed by atoms with Gasteiger partial charge in [-0.25, -0.2) is 4.98 Å². The topological polar surface area (TPSA) is 29.9 Å². The summed E-state index contributed by atoms with van der Waals surface area (Å²) in [4.78, 5) is 4.49. The molecule has 0 aliphatic carbocycles. The molecule has 0 aromatic carbocycles. The number of nitrogens with zero attached hydrogens (tertiary/aromatic N) is 2. The summed E-state index contributed by atoms with van der Waals surface area (Å²) in [6, 6.07) is 0.550.